The smallest absolute Gasteiger partial charge is 0.413 e. The van der Waals surface area contributed by atoms with Gasteiger partial charge in [-0.05, 0) is 17.7 Å². The maximum atomic E-state index is 13.5. The highest BCUT2D eigenvalue weighted by atomic mass is 32.1. The predicted molar refractivity (Wildman–Crippen MR) is 167 cm³/mol. The van der Waals surface area contributed by atoms with E-state index >= 15 is 0 Å². The zero-order chi connectivity index (χ0) is 31.1. The molecule has 45 heavy (non-hydrogen) atoms. The lowest BCUT2D eigenvalue weighted by atomic mass is 10.0. The minimum atomic E-state index is -0.960. The Balaban J connectivity index is 1.06. The van der Waals surface area contributed by atoms with Crippen LogP contribution in [0.15, 0.2) is 60.0 Å². The first-order valence-electron chi connectivity index (χ1n) is 15.2. The number of morpholine rings is 1. The van der Waals surface area contributed by atoms with E-state index < -0.39 is 23.8 Å². The lowest BCUT2D eigenvalue weighted by Gasteiger charge is -2.40. The Labute approximate surface area is 265 Å². The van der Waals surface area contributed by atoms with Crippen LogP contribution >= 0.6 is 11.3 Å². The van der Waals surface area contributed by atoms with Crippen molar-refractivity contribution in [1.29, 1.82) is 0 Å². The quantitative estimate of drug-likeness (QED) is 0.364. The van der Waals surface area contributed by atoms with Gasteiger partial charge >= 0.3 is 6.09 Å². The minimum absolute atomic E-state index is 0.0421. The topological polar surface area (TPSA) is 132 Å². The molecule has 3 aromatic rings. The van der Waals surface area contributed by atoms with E-state index in [9.17, 15) is 14.4 Å². The molecule has 0 saturated carbocycles. The fraction of sp³-hybridized carbons (Fsp3) is 0.438. The van der Waals surface area contributed by atoms with E-state index in [1.54, 1.807) is 12.1 Å². The first-order valence-corrected chi connectivity index (χ1v) is 16.1. The average molecular weight is 636 g/mol. The molecule has 2 N–H and O–H groups in total. The molecule has 12 nitrogen and oxygen atoms in total. The first-order chi connectivity index (χ1) is 22.0. The van der Waals surface area contributed by atoms with Crippen molar-refractivity contribution >= 4 is 34.4 Å². The van der Waals surface area contributed by atoms with Crippen molar-refractivity contribution in [2.75, 3.05) is 64.5 Å². The maximum Gasteiger partial charge on any atom is 0.413 e. The van der Waals surface area contributed by atoms with Crippen molar-refractivity contribution in [3.05, 3.63) is 71.1 Å². The number of anilines is 1. The molecule has 1 spiro atoms. The van der Waals surface area contributed by atoms with Gasteiger partial charge in [-0.1, -0.05) is 42.5 Å². The Morgan fingerprint density at radius 2 is 1.71 bits per heavy atom. The Morgan fingerprint density at radius 3 is 2.47 bits per heavy atom. The summed E-state index contributed by atoms with van der Waals surface area (Å²) in [5, 5.41) is 8.07. The molecule has 2 aromatic carbocycles. The number of carbonyl (C=O) groups excluding carboxylic acids is 3. The number of carbonyl (C=O) groups is 3. The summed E-state index contributed by atoms with van der Waals surface area (Å²) in [6.07, 6.45) is 0.282. The lowest BCUT2D eigenvalue weighted by molar-refractivity contribution is -0.140. The molecular formula is C32H37N5O7S. The third-order valence-electron chi connectivity index (χ3n) is 8.23. The van der Waals surface area contributed by atoms with Gasteiger partial charge in [0, 0.05) is 55.5 Å². The van der Waals surface area contributed by atoms with Crippen LogP contribution in [0.25, 0.3) is 11.3 Å². The van der Waals surface area contributed by atoms with E-state index in [-0.39, 0.29) is 19.1 Å². The number of thiazole rings is 1. The summed E-state index contributed by atoms with van der Waals surface area (Å²) < 4.78 is 22.6. The summed E-state index contributed by atoms with van der Waals surface area (Å²) in [5.74, 6) is -0.533. The number of ether oxygens (including phenoxy) is 4. The number of rotatable bonds is 9. The molecule has 1 aromatic heterocycles. The van der Waals surface area contributed by atoms with Gasteiger partial charge in [-0.15, -0.1) is 11.3 Å². The van der Waals surface area contributed by atoms with Crippen LogP contribution in [0.3, 0.4) is 0 Å². The molecule has 3 aliphatic heterocycles. The van der Waals surface area contributed by atoms with Gasteiger partial charge in [0.25, 0.3) is 11.8 Å². The molecule has 13 heteroatoms. The number of hydrogen-bond acceptors (Lipinski definition) is 10. The second-order valence-electron chi connectivity index (χ2n) is 11.1. The number of amides is 3. The van der Waals surface area contributed by atoms with E-state index in [0.717, 1.165) is 44.0 Å². The predicted octanol–water partition coefficient (Wildman–Crippen LogP) is 3.35. The maximum absolute atomic E-state index is 13.5. The molecule has 0 radical (unpaired) electrons. The molecule has 3 saturated heterocycles. The summed E-state index contributed by atoms with van der Waals surface area (Å²) in [4.78, 5) is 47.8. The number of benzene rings is 2. The number of hydrogen-bond donors (Lipinski definition) is 2. The van der Waals surface area contributed by atoms with Crippen LogP contribution in [0.2, 0.25) is 0 Å². The van der Waals surface area contributed by atoms with Gasteiger partial charge in [0.1, 0.15) is 12.6 Å². The molecule has 0 aliphatic carbocycles. The minimum Gasteiger partial charge on any atom is -0.444 e. The molecule has 3 amide bonds. The van der Waals surface area contributed by atoms with Crippen molar-refractivity contribution in [1.82, 2.24) is 20.1 Å². The van der Waals surface area contributed by atoms with Gasteiger partial charge in [-0.2, -0.15) is 0 Å². The SMILES string of the molecule is O=C(NCCN1CCOCC1)c1ccc(-c2csc(NC(=O)C3COC4(CCOCC4)N3C(=O)OCc3ccccc3)n2)cc1. The van der Waals surface area contributed by atoms with Crippen molar-refractivity contribution in [2.45, 2.75) is 31.2 Å². The van der Waals surface area contributed by atoms with Crippen LogP contribution in [-0.4, -0.2) is 104 Å². The second kappa shape index (κ2) is 14.5. The zero-order valence-corrected chi connectivity index (χ0v) is 25.8. The van der Waals surface area contributed by atoms with Crippen molar-refractivity contribution in [3.63, 3.8) is 0 Å². The van der Waals surface area contributed by atoms with E-state index in [1.807, 2.05) is 47.8 Å². The van der Waals surface area contributed by atoms with Crippen LogP contribution < -0.4 is 10.6 Å². The largest absolute Gasteiger partial charge is 0.444 e. The summed E-state index contributed by atoms with van der Waals surface area (Å²) >= 11 is 1.28. The van der Waals surface area contributed by atoms with E-state index in [1.165, 1.54) is 16.2 Å². The average Bonchev–Trinajstić information content (AvgIpc) is 3.70. The fourth-order valence-corrected chi connectivity index (χ4v) is 6.43. The summed E-state index contributed by atoms with van der Waals surface area (Å²) in [7, 11) is 0. The van der Waals surface area contributed by atoms with Crippen molar-refractivity contribution in [2.24, 2.45) is 0 Å². The zero-order valence-electron chi connectivity index (χ0n) is 24.9. The third-order valence-corrected chi connectivity index (χ3v) is 8.99. The Hall–Kier alpha value is -3.88. The van der Waals surface area contributed by atoms with Gasteiger partial charge in [0.05, 0.1) is 38.7 Å². The number of nitrogens with zero attached hydrogens (tertiary/aromatic N) is 3. The van der Waals surface area contributed by atoms with E-state index in [0.29, 0.717) is 49.0 Å². The lowest BCUT2D eigenvalue weighted by Crippen LogP contribution is -2.56. The molecule has 6 rings (SSSR count). The molecule has 238 valence electrons. The Bertz CT molecular complexity index is 1460. The normalized spacial score (nSPS) is 19.7. The fourth-order valence-electron chi connectivity index (χ4n) is 5.71. The first kappa shape index (κ1) is 31.1. The Kier molecular flexibility index (Phi) is 10.0. The molecule has 1 unspecified atom stereocenters. The highest BCUT2D eigenvalue weighted by Gasteiger charge is 2.54. The summed E-state index contributed by atoms with van der Waals surface area (Å²) in [5.41, 5.74) is 1.93. The molecule has 3 aliphatic rings. The summed E-state index contributed by atoms with van der Waals surface area (Å²) in [6, 6.07) is 15.7. The van der Waals surface area contributed by atoms with Crippen LogP contribution in [0.4, 0.5) is 9.93 Å². The van der Waals surface area contributed by atoms with Crippen LogP contribution in [0.5, 0.6) is 0 Å². The van der Waals surface area contributed by atoms with Gasteiger partial charge < -0.3 is 29.6 Å². The van der Waals surface area contributed by atoms with Crippen LogP contribution in [-0.2, 0) is 30.3 Å². The molecule has 3 fully saturated rings. The molecular weight excluding hydrogens is 598 g/mol. The molecule has 4 heterocycles. The van der Waals surface area contributed by atoms with Crippen molar-refractivity contribution in [3.8, 4) is 11.3 Å². The summed E-state index contributed by atoms with van der Waals surface area (Å²) in [6.45, 7) is 5.53. The number of nitrogens with one attached hydrogen (secondary N) is 2. The third kappa shape index (κ3) is 7.51. The van der Waals surface area contributed by atoms with Gasteiger partial charge in [0.2, 0.25) is 0 Å². The van der Waals surface area contributed by atoms with Crippen LogP contribution in [0, 0.1) is 0 Å². The van der Waals surface area contributed by atoms with Crippen molar-refractivity contribution < 1.29 is 33.3 Å². The highest BCUT2D eigenvalue weighted by molar-refractivity contribution is 7.14. The standard InChI is InChI=1S/C32H37N5O7S/c38-28(33-12-13-36-14-18-42-19-15-36)25-8-6-24(7-9-25)26-22-45-30(34-26)35-29(39)27-21-44-32(10-16-41-17-11-32)37(27)31(40)43-20-23-4-2-1-3-5-23/h1-9,22,27H,10-21H2,(H,33,38)(H,34,35,39). The van der Waals surface area contributed by atoms with E-state index in [2.05, 4.69) is 20.5 Å². The molecule has 0 bridgehead atoms. The van der Waals surface area contributed by atoms with Gasteiger partial charge in [-0.25, -0.2) is 9.78 Å². The monoisotopic (exact) mass is 635 g/mol. The van der Waals surface area contributed by atoms with Crippen LogP contribution in [0.1, 0.15) is 28.8 Å². The van der Waals surface area contributed by atoms with Gasteiger partial charge in [0.15, 0.2) is 10.9 Å². The Morgan fingerprint density at radius 1 is 0.978 bits per heavy atom. The second-order valence-corrected chi connectivity index (χ2v) is 12.0. The highest BCUT2D eigenvalue weighted by Crippen LogP contribution is 2.38. The number of aromatic nitrogens is 1. The molecule has 1 atom stereocenters. The van der Waals surface area contributed by atoms with E-state index in [4.69, 9.17) is 18.9 Å². The van der Waals surface area contributed by atoms with Gasteiger partial charge in [-0.3, -0.25) is 19.4 Å².